The molecule has 0 aliphatic rings. The normalized spacial score (nSPS) is 11.3. The van der Waals surface area contributed by atoms with Crippen LogP contribution in [-0.4, -0.2) is 5.11 Å². The fourth-order valence-electron chi connectivity index (χ4n) is 1.72. The molecule has 0 saturated heterocycles. The Labute approximate surface area is 98.5 Å². The predicted octanol–water partition coefficient (Wildman–Crippen LogP) is 3.37. The molecule has 5 heteroatoms. The van der Waals surface area contributed by atoms with Crippen LogP contribution in [0.5, 0.6) is 5.75 Å². The van der Waals surface area contributed by atoms with Gasteiger partial charge in [-0.05, 0) is 11.3 Å². The molecule has 0 aliphatic carbocycles. The maximum absolute atomic E-state index is 11.2. The highest BCUT2D eigenvalue weighted by Crippen LogP contribution is 2.41. The molecule has 80 valence electrons. The largest absolute Gasteiger partial charge is 0.506 e. The highest BCUT2D eigenvalue weighted by molar-refractivity contribution is 7.17. The zero-order chi connectivity index (χ0) is 11.3. The molecular formula is C11H5ClO3S. The molecule has 3 nitrogen and oxygen atoms in total. The molecule has 0 atom stereocenters. The minimum atomic E-state index is -0.423. The number of hydrogen-bond acceptors (Lipinski definition) is 4. The van der Waals surface area contributed by atoms with Crippen LogP contribution in [0.3, 0.4) is 0 Å². The molecule has 0 spiro atoms. The molecule has 2 aromatic carbocycles. The van der Waals surface area contributed by atoms with Gasteiger partial charge in [0.15, 0.2) is 5.58 Å². The number of aromatic hydroxyl groups is 1. The Morgan fingerprint density at radius 3 is 2.69 bits per heavy atom. The first kappa shape index (κ1) is 9.69. The molecule has 3 aromatic rings. The average Bonchev–Trinajstić information content (AvgIpc) is 2.68. The average molecular weight is 253 g/mol. The van der Waals surface area contributed by atoms with Gasteiger partial charge in [-0.15, -0.1) is 0 Å². The molecule has 0 unspecified atom stereocenters. The van der Waals surface area contributed by atoms with Crippen LogP contribution in [0, 0.1) is 0 Å². The third-order valence-corrected chi connectivity index (χ3v) is 3.73. The van der Waals surface area contributed by atoms with Crippen LogP contribution in [0.4, 0.5) is 0 Å². The van der Waals surface area contributed by atoms with Gasteiger partial charge < -0.3 is 9.52 Å². The van der Waals surface area contributed by atoms with E-state index in [0.717, 1.165) is 11.3 Å². The Morgan fingerprint density at radius 2 is 1.94 bits per heavy atom. The van der Waals surface area contributed by atoms with Gasteiger partial charge in [-0.3, -0.25) is 0 Å². The number of benzene rings is 2. The summed E-state index contributed by atoms with van der Waals surface area (Å²) in [5.41, 5.74) is 0.438. The molecule has 0 bridgehead atoms. The van der Waals surface area contributed by atoms with Crippen LogP contribution < -0.4 is 4.94 Å². The summed E-state index contributed by atoms with van der Waals surface area (Å²) in [6.07, 6.45) is 0. The van der Waals surface area contributed by atoms with Gasteiger partial charge in [0, 0.05) is 10.8 Å². The fraction of sp³-hybridized carbons (Fsp3) is 0. The van der Waals surface area contributed by atoms with Crippen LogP contribution in [0.1, 0.15) is 0 Å². The summed E-state index contributed by atoms with van der Waals surface area (Å²) in [5.74, 6) is -0.0122. The van der Waals surface area contributed by atoms with Gasteiger partial charge in [-0.25, -0.2) is 4.79 Å². The van der Waals surface area contributed by atoms with Crippen LogP contribution in [0.25, 0.3) is 21.1 Å². The second-order valence-electron chi connectivity index (χ2n) is 3.32. The number of fused-ring (bicyclic) bond motifs is 3. The number of rotatable bonds is 0. The predicted molar refractivity (Wildman–Crippen MR) is 64.5 cm³/mol. The highest BCUT2D eigenvalue weighted by atomic mass is 35.5. The Hall–Kier alpha value is -1.52. The van der Waals surface area contributed by atoms with Gasteiger partial charge in [0.25, 0.3) is 0 Å². The third kappa shape index (κ3) is 1.17. The van der Waals surface area contributed by atoms with Gasteiger partial charge in [0.05, 0.1) is 4.70 Å². The quantitative estimate of drug-likeness (QED) is 0.667. The first-order valence-corrected chi connectivity index (χ1v) is 5.71. The van der Waals surface area contributed by atoms with E-state index in [0.29, 0.717) is 21.1 Å². The second kappa shape index (κ2) is 3.23. The zero-order valence-corrected chi connectivity index (χ0v) is 9.43. The third-order valence-electron chi connectivity index (χ3n) is 2.41. The molecule has 0 aliphatic heterocycles. The first-order valence-electron chi connectivity index (χ1n) is 4.51. The van der Waals surface area contributed by atoms with E-state index in [-0.39, 0.29) is 10.8 Å². The molecule has 0 fully saturated rings. The first-order chi connectivity index (χ1) is 7.68. The Kier molecular flexibility index (Phi) is 1.96. The maximum atomic E-state index is 11.2. The van der Waals surface area contributed by atoms with Crippen LogP contribution in [0.15, 0.2) is 33.5 Å². The molecule has 3 rings (SSSR count). The van der Waals surface area contributed by atoms with Crippen molar-refractivity contribution in [1.29, 1.82) is 0 Å². The van der Waals surface area contributed by atoms with Gasteiger partial charge >= 0.3 is 4.94 Å². The Bertz CT molecular complexity index is 757. The molecule has 0 amide bonds. The van der Waals surface area contributed by atoms with Gasteiger partial charge in [0.2, 0.25) is 0 Å². The van der Waals surface area contributed by atoms with Crippen molar-refractivity contribution in [2.24, 2.45) is 0 Å². The molecule has 0 radical (unpaired) electrons. The van der Waals surface area contributed by atoms with E-state index in [4.69, 9.17) is 16.0 Å². The van der Waals surface area contributed by atoms with E-state index in [1.54, 1.807) is 18.2 Å². The van der Waals surface area contributed by atoms with Crippen molar-refractivity contribution >= 4 is 44.0 Å². The molecular weight excluding hydrogens is 248 g/mol. The molecule has 16 heavy (non-hydrogen) atoms. The topological polar surface area (TPSA) is 50.4 Å². The summed E-state index contributed by atoms with van der Waals surface area (Å²) in [7, 11) is 0. The summed E-state index contributed by atoms with van der Waals surface area (Å²) in [4.78, 5) is 10.8. The Morgan fingerprint density at radius 1 is 1.25 bits per heavy atom. The summed E-state index contributed by atoms with van der Waals surface area (Å²) >= 11 is 6.87. The lowest BCUT2D eigenvalue weighted by molar-refractivity contribution is 0.482. The minimum absolute atomic E-state index is 0.0122. The number of phenols is 1. The molecule has 0 saturated carbocycles. The van der Waals surface area contributed by atoms with Crippen LogP contribution >= 0.6 is 22.9 Å². The van der Waals surface area contributed by atoms with E-state index >= 15 is 0 Å². The molecule has 1 N–H and O–H groups in total. The van der Waals surface area contributed by atoms with E-state index in [1.807, 2.05) is 6.07 Å². The van der Waals surface area contributed by atoms with E-state index in [9.17, 15) is 9.90 Å². The van der Waals surface area contributed by atoms with Gasteiger partial charge in [-0.2, -0.15) is 0 Å². The summed E-state index contributed by atoms with van der Waals surface area (Å²) < 4.78 is 5.57. The highest BCUT2D eigenvalue weighted by Gasteiger charge is 2.16. The van der Waals surface area contributed by atoms with E-state index in [1.165, 1.54) is 0 Å². The number of halogens is 1. The SMILES string of the molecule is O=c1oc2c(s1)c(Cl)c(O)c1ccccc12. The molecule has 1 heterocycles. The van der Waals surface area contributed by atoms with Crippen LogP contribution in [-0.2, 0) is 0 Å². The number of phenolic OH excluding ortho intramolecular Hbond substituents is 1. The van der Waals surface area contributed by atoms with Crippen molar-refractivity contribution in [3.63, 3.8) is 0 Å². The Balaban J connectivity index is 2.73. The van der Waals surface area contributed by atoms with Crippen molar-refractivity contribution in [2.75, 3.05) is 0 Å². The summed E-state index contributed by atoms with van der Waals surface area (Å²) in [6.45, 7) is 0. The van der Waals surface area contributed by atoms with Gasteiger partial charge in [-0.1, -0.05) is 35.9 Å². The second-order valence-corrected chi connectivity index (χ2v) is 4.64. The summed E-state index contributed by atoms with van der Waals surface area (Å²) in [5, 5.41) is 11.3. The fourth-order valence-corrected chi connectivity index (χ4v) is 2.74. The summed E-state index contributed by atoms with van der Waals surface area (Å²) in [6, 6.07) is 7.11. The maximum Gasteiger partial charge on any atom is 0.396 e. The van der Waals surface area contributed by atoms with Crippen LogP contribution in [0.2, 0.25) is 5.02 Å². The lowest BCUT2D eigenvalue weighted by Gasteiger charge is -2.03. The van der Waals surface area contributed by atoms with Crippen molar-refractivity contribution in [3.8, 4) is 5.75 Å². The monoisotopic (exact) mass is 252 g/mol. The minimum Gasteiger partial charge on any atom is -0.506 e. The van der Waals surface area contributed by atoms with Crippen molar-refractivity contribution < 1.29 is 9.52 Å². The standard InChI is InChI=1S/C11H5ClO3S/c12-7-8(13)5-3-1-2-4-6(5)9-10(7)16-11(14)15-9/h1-4,13H. The zero-order valence-electron chi connectivity index (χ0n) is 7.86. The van der Waals surface area contributed by atoms with E-state index in [2.05, 4.69) is 0 Å². The number of hydrogen-bond donors (Lipinski definition) is 1. The van der Waals surface area contributed by atoms with Crippen molar-refractivity contribution in [2.45, 2.75) is 0 Å². The molecule has 1 aromatic heterocycles. The lowest BCUT2D eigenvalue weighted by atomic mass is 10.1. The van der Waals surface area contributed by atoms with Gasteiger partial charge in [0.1, 0.15) is 10.8 Å². The smallest absolute Gasteiger partial charge is 0.396 e. The lowest BCUT2D eigenvalue weighted by Crippen LogP contribution is -1.80. The van der Waals surface area contributed by atoms with Crippen molar-refractivity contribution in [3.05, 3.63) is 39.0 Å². The van der Waals surface area contributed by atoms with E-state index < -0.39 is 4.94 Å². The van der Waals surface area contributed by atoms with Crippen molar-refractivity contribution in [1.82, 2.24) is 0 Å².